The van der Waals surface area contributed by atoms with E-state index < -0.39 is 5.91 Å². The van der Waals surface area contributed by atoms with Crippen LogP contribution in [0.5, 0.6) is 0 Å². The molecule has 5 rings (SSSR count). The van der Waals surface area contributed by atoms with Crippen LogP contribution in [0, 0.1) is 0 Å². The maximum Gasteiger partial charge on any atom is 0.261 e. The first-order valence-electron chi connectivity index (χ1n) is 9.31. The number of fused-ring (bicyclic) bond motifs is 2. The summed E-state index contributed by atoms with van der Waals surface area (Å²) < 4.78 is 1.45. The number of rotatable bonds is 4. The van der Waals surface area contributed by atoms with Gasteiger partial charge in [0.1, 0.15) is 16.9 Å². The van der Waals surface area contributed by atoms with E-state index in [9.17, 15) is 4.79 Å². The van der Waals surface area contributed by atoms with Crippen molar-refractivity contribution in [2.24, 2.45) is 5.10 Å². The molecule has 2 aromatic carbocycles. The number of amides is 1. The van der Waals surface area contributed by atoms with Crippen LogP contribution in [0.3, 0.4) is 0 Å². The van der Waals surface area contributed by atoms with Gasteiger partial charge in [0, 0.05) is 15.6 Å². The fourth-order valence-electron chi connectivity index (χ4n) is 3.19. The minimum Gasteiger partial charge on any atom is -0.383 e. The minimum absolute atomic E-state index is 0.157. The SMILES string of the molecule is Nc1c(C(=O)Nc2ccc(Cl)cc2)c2nc3ccccc3nc2n1/N=C/c1cccs1. The maximum atomic E-state index is 13.2. The second-order valence-electron chi connectivity index (χ2n) is 6.68. The summed E-state index contributed by atoms with van der Waals surface area (Å²) in [4.78, 5) is 23.4. The number of halogens is 1. The van der Waals surface area contributed by atoms with Crippen LogP contribution in [0.1, 0.15) is 15.2 Å². The molecule has 1 amide bonds. The van der Waals surface area contributed by atoms with Crippen molar-refractivity contribution in [2.45, 2.75) is 0 Å². The molecule has 0 atom stereocenters. The van der Waals surface area contributed by atoms with Crippen molar-refractivity contribution in [2.75, 3.05) is 11.1 Å². The molecule has 0 saturated carbocycles. The zero-order valence-corrected chi connectivity index (χ0v) is 17.6. The van der Waals surface area contributed by atoms with E-state index in [-0.39, 0.29) is 11.4 Å². The Kier molecular flexibility index (Phi) is 4.85. The molecule has 3 heterocycles. The molecule has 0 aliphatic heterocycles. The van der Waals surface area contributed by atoms with Crippen molar-refractivity contribution in [3.05, 3.63) is 81.5 Å². The standard InChI is InChI=1S/C22H15ClN6OS/c23-13-7-9-14(10-8-13)26-22(30)18-19-21(28-17-6-2-1-5-16(17)27-19)29(20(18)24)25-12-15-4-3-11-31-15/h1-12H,24H2,(H,26,30)/b25-12+. The minimum atomic E-state index is -0.403. The van der Waals surface area contributed by atoms with Gasteiger partial charge in [-0.2, -0.15) is 9.78 Å². The van der Waals surface area contributed by atoms with Crippen molar-refractivity contribution in [3.8, 4) is 0 Å². The first-order valence-corrected chi connectivity index (χ1v) is 10.6. The van der Waals surface area contributed by atoms with E-state index in [4.69, 9.17) is 17.3 Å². The van der Waals surface area contributed by atoms with Crippen molar-refractivity contribution >= 4 is 68.8 Å². The van der Waals surface area contributed by atoms with Gasteiger partial charge < -0.3 is 11.1 Å². The van der Waals surface area contributed by atoms with E-state index in [1.165, 1.54) is 4.68 Å². The highest BCUT2D eigenvalue weighted by Crippen LogP contribution is 2.29. The van der Waals surface area contributed by atoms with E-state index in [0.717, 1.165) is 4.88 Å². The van der Waals surface area contributed by atoms with E-state index in [1.54, 1.807) is 41.8 Å². The van der Waals surface area contributed by atoms with E-state index in [0.29, 0.717) is 32.9 Å². The van der Waals surface area contributed by atoms with Crippen LogP contribution in [-0.2, 0) is 0 Å². The third kappa shape index (κ3) is 3.63. The van der Waals surface area contributed by atoms with Crippen molar-refractivity contribution in [1.82, 2.24) is 14.6 Å². The van der Waals surface area contributed by atoms with Gasteiger partial charge in [0.2, 0.25) is 0 Å². The number of carbonyl (C=O) groups excluding carboxylic acids is 1. The van der Waals surface area contributed by atoms with Gasteiger partial charge in [-0.05, 0) is 47.8 Å². The molecule has 0 saturated heterocycles. The molecule has 3 N–H and O–H groups in total. The fourth-order valence-corrected chi connectivity index (χ4v) is 3.90. The molecular formula is C22H15ClN6OS. The number of anilines is 2. The Morgan fingerprint density at radius 3 is 2.52 bits per heavy atom. The van der Waals surface area contributed by atoms with Gasteiger partial charge >= 0.3 is 0 Å². The van der Waals surface area contributed by atoms with Gasteiger partial charge in [0.15, 0.2) is 5.65 Å². The molecule has 0 radical (unpaired) electrons. The Morgan fingerprint density at radius 2 is 1.81 bits per heavy atom. The summed E-state index contributed by atoms with van der Waals surface area (Å²) in [7, 11) is 0. The summed E-state index contributed by atoms with van der Waals surface area (Å²) in [6.07, 6.45) is 1.68. The number of nitrogens with one attached hydrogen (secondary N) is 1. The molecule has 0 bridgehead atoms. The normalized spacial score (nSPS) is 11.5. The summed E-state index contributed by atoms with van der Waals surface area (Å²) in [5.74, 6) is -0.246. The average molecular weight is 447 g/mol. The number of thiophene rings is 1. The van der Waals surface area contributed by atoms with Crippen LogP contribution < -0.4 is 11.1 Å². The summed E-state index contributed by atoms with van der Waals surface area (Å²) >= 11 is 7.48. The molecular weight excluding hydrogens is 432 g/mol. The van der Waals surface area contributed by atoms with E-state index >= 15 is 0 Å². The molecule has 0 unspecified atom stereocenters. The molecule has 7 nitrogen and oxygen atoms in total. The van der Waals surface area contributed by atoms with Gasteiger partial charge in [-0.1, -0.05) is 29.8 Å². The van der Waals surface area contributed by atoms with Crippen LogP contribution in [0.2, 0.25) is 5.02 Å². The summed E-state index contributed by atoms with van der Waals surface area (Å²) in [6.45, 7) is 0. The molecule has 9 heteroatoms. The van der Waals surface area contributed by atoms with Crippen molar-refractivity contribution < 1.29 is 4.79 Å². The molecule has 0 aliphatic rings. The number of nitrogens with two attached hydrogens (primary N) is 1. The predicted molar refractivity (Wildman–Crippen MR) is 126 cm³/mol. The fraction of sp³-hybridized carbons (Fsp3) is 0. The lowest BCUT2D eigenvalue weighted by molar-refractivity contribution is 0.102. The lowest BCUT2D eigenvalue weighted by Crippen LogP contribution is -2.14. The second-order valence-corrected chi connectivity index (χ2v) is 8.09. The Labute approximate surface area is 185 Å². The number of hydrogen-bond acceptors (Lipinski definition) is 6. The molecule has 3 aromatic heterocycles. The topological polar surface area (TPSA) is 98.2 Å². The molecule has 31 heavy (non-hydrogen) atoms. The number of benzene rings is 2. The number of nitrogen functional groups attached to an aromatic ring is 1. The van der Waals surface area contributed by atoms with Crippen molar-refractivity contribution in [3.63, 3.8) is 0 Å². The number of nitrogens with zero attached hydrogens (tertiary/aromatic N) is 4. The predicted octanol–water partition coefficient (Wildman–Crippen LogP) is 5.02. The average Bonchev–Trinajstić information content (AvgIpc) is 3.38. The van der Waals surface area contributed by atoms with Gasteiger partial charge in [-0.25, -0.2) is 9.97 Å². The molecule has 0 fully saturated rings. The molecule has 152 valence electrons. The second kappa shape index (κ2) is 7.82. The molecule has 5 aromatic rings. The number of para-hydroxylation sites is 2. The Balaban J connectivity index is 1.67. The molecule has 0 aliphatic carbocycles. The van der Waals surface area contributed by atoms with Crippen LogP contribution in [-0.4, -0.2) is 26.8 Å². The number of hydrogen-bond donors (Lipinski definition) is 2. The summed E-state index contributed by atoms with van der Waals surface area (Å²) in [5.41, 5.74) is 9.33. The Hall–Kier alpha value is -3.75. The zero-order valence-electron chi connectivity index (χ0n) is 16.0. The monoisotopic (exact) mass is 446 g/mol. The smallest absolute Gasteiger partial charge is 0.261 e. The quantitative estimate of drug-likeness (QED) is 0.379. The van der Waals surface area contributed by atoms with Gasteiger partial charge in [-0.15, -0.1) is 11.3 Å². The Bertz CT molecular complexity index is 1440. The largest absolute Gasteiger partial charge is 0.383 e. The van der Waals surface area contributed by atoms with E-state index in [2.05, 4.69) is 20.4 Å². The zero-order chi connectivity index (χ0) is 21.4. The highest BCUT2D eigenvalue weighted by Gasteiger charge is 2.24. The highest BCUT2D eigenvalue weighted by molar-refractivity contribution is 7.11. The maximum absolute atomic E-state index is 13.2. The highest BCUT2D eigenvalue weighted by atomic mass is 35.5. The van der Waals surface area contributed by atoms with Gasteiger partial charge in [0.25, 0.3) is 5.91 Å². The van der Waals surface area contributed by atoms with Crippen LogP contribution in [0.4, 0.5) is 11.5 Å². The summed E-state index contributed by atoms with van der Waals surface area (Å²) in [6, 6.07) is 18.1. The number of aromatic nitrogens is 3. The third-order valence-corrected chi connectivity index (χ3v) is 5.71. The molecule has 0 spiro atoms. The van der Waals surface area contributed by atoms with Crippen LogP contribution in [0.25, 0.3) is 22.2 Å². The van der Waals surface area contributed by atoms with E-state index in [1.807, 2.05) is 41.8 Å². The lowest BCUT2D eigenvalue weighted by Gasteiger charge is -2.05. The van der Waals surface area contributed by atoms with Gasteiger partial charge in [-0.3, -0.25) is 4.79 Å². The van der Waals surface area contributed by atoms with Crippen LogP contribution in [0.15, 0.2) is 71.1 Å². The van der Waals surface area contributed by atoms with Crippen LogP contribution >= 0.6 is 22.9 Å². The summed E-state index contributed by atoms with van der Waals surface area (Å²) in [5, 5.41) is 9.86. The first kappa shape index (κ1) is 19.2. The number of carbonyl (C=O) groups is 1. The Morgan fingerprint density at radius 1 is 1.06 bits per heavy atom. The third-order valence-electron chi connectivity index (χ3n) is 4.65. The first-order chi connectivity index (χ1) is 15.1. The van der Waals surface area contributed by atoms with Gasteiger partial charge in [0.05, 0.1) is 17.2 Å². The lowest BCUT2D eigenvalue weighted by atomic mass is 10.2. The van der Waals surface area contributed by atoms with Crippen molar-refractivity contribution in [1.29, 1.82) is 0 Å².